The van der Waals surface area contributed by atoms with E-state index in [2.05, 4.69) is 36.7 Å². The minimum Gasteiger partial charge on any atom is -0.378 e. The molecule has 3 aromatic heterocycles. The second-order valence-electron chi connectivity index (χ2n) is 7.27. The van der Waals surface area contributed by atoms with Gasteiger partial charge in [0.05, 0.1) is 17.4 Å². The van der Waals surface area contributed by atoms with E-state index in [1.807, 2.05) is 12.3 Å². The van der Waals surface area contributed by atoms with Crippen molar-refractivity contribution in [2.24, 2.45) is 0 Å². The number of nitrogens with one attached hydrogen (secondary N) is 1. The molecule has 0 spiro atoms. The van der Waals surface area contributed by atoms with Crippen molar-refractivity contribution in [3.63, 3.8) is 0 Å². The Hall–Kier alpha value is -3.44. The quantitative estimate of drug-likeness (QED) is 0.449. The van der Waals surface area contributed by atoms with Gasteiger partial charge in [-0.25, -0.2) is 15.0 Å². The molecule has 3 aromatic rings. The Morgan fingerprint density at radius 1 is 1.38 bits per heavy atom. The molecule has 0 aromatic carbocycles. The summed E-state index contributed by atoms with van der Waals surface area (Å²) < 4.78 is 2.07. The summed E-state index contributed by atoms with van der Waals surface area (Å²) in [7, 11) is 0. The molecule has 8 heteroatoms. The minimum atomic E-state index is -1.10. The van der Waals surface area contributed by atoms with Crippen molar-refractivity contribution >= 4 is 22.8 Å². The van der Waals surface area contributed by atoms with Crippen LogP contribution in [0.3, 0.4) is 0 Å². The number of carbonyl (C=O) groups excluding carboxylic acids is 1. The number of pyridine rings is 1. The number of anilines is 1. The minimum absolute atomic E-state index is 0.0452. The number of nitrogens with zero attached hydrogens (tertiary/aromatic N) is 4. The molecule has 0 unspecified atom stereocenters. The number of nitrogen functional groups attached to an aromatic ring is 1. The SMILES string of the molecule is CC(=O)NCCCn1cc(-c2ccnc(N)n2)c2cc(C#CC(C)(C)O)ncc21. The molecule has 4 N–H and O–H groups in total. The zero-order chi connectivity index (χ0) is 21.0. The first kappa shape index (κ1) is 20.3. The molecule has 3 heterocycles. The van der Waals surface area contributed by atoms with Crippen molar-refractivity contribution in [1.82, 2.24) is 24.8 Å². The summed E-state index contributed by atoms with van der Waals surface area (Å²) in [5.74, 6) is 5.85. The van der Waals surface area contributed by atoms with E-state index < -0.39 is 5.60 Å². The number of fused-ring (bicyclic) bond motifs is 1. The van der Waals surface area contributed by atoms with E-state index in [1.54, 1.807) is 32.3 Å². The maximum absolute atomic E-state index is 11.1. The zero-order valence-electron chi connectivity index (χ0n) is 16.7. The maximum Gasteiger partial charge on any atom is 0.220 e. The van der Waals surface area contributed by atoms with Crippen LogP contribution in [0.2, 0.25) is 0 Å². The van der Waals surface area contributed by atoms with Gasteiger partial charge in [-0.1, -0.05) is 5.92 Å². The Morgan fingerprint density at radius 3 is 2.86 bits per heavy atom. The van der Waals surface area contributed by atoms with Crippen LogP contribution in [0.5, 0.6) is 0 Å². The predicted octanol–water partition coefficient (Wildman–Crippen LogP) is 1.72. The molecule has 0 atom stereocenters. The normalized spacial score (nSPS) is 11.2. The van der Waals surface area contributed by atoms with Crippen LogP contribution in [0, 0.1) is 11.8 Å². The molecule has 0 radical (unpaired) electrons. The van der Waals surface area contributed by atoms with Gasteiger partial charge in [0.1, 0.15) is 11.3 Å². The number of hydrogen-bond donors (Lipinski definition) is 3. The molecule has 0 bridgehead atoms. The summed E-state index contributed by atoms with van der Waals surface area (Å²) in [4.78, 5) is 23.8. The number of hydrogen-bond acceptors (Lipinski definition) is 6. The third-order valence-corrected chi connectivity index (χ3v) is 4.16. The van der Waals surface area contributed by atoms with E-state index >= 15 is 0 Å². The van der Waals surface area contributed by atoms with Crippen molar-refractivity contribution in [2.45, 2.75) is 39.3 Å². The molecule has 0 aliphatic heterocycles. The fraction of sp³-hybridized carbons (Fsp3) is 0.333. The van der Waals surface area contributed by atoms with Crippen LogP contribution < -0.4 is 11.1 Å². The van der Waals surface area contributed by atoms with Crippen molar-refractivity contribution in [3.8, 4) is 23.1 Å². The second kappa shape index (κ2) is 8.29. The average molecular weight is 392 g/mol. The van der Waals surface area contributed by atoms with Crippen LogP contribution in [-0.2, 0) is 11.3 Å². The Bertz CT molecular complexity index is 1100. The summed E-state index contributed by atoms with van der Waals surface area (Å²) in [5.41, 5.74) is 7.74. The smallest absolute Gasteiger partial charge is 0.220 e. The fourth-order valence-corrected chi connectivity index (χ4v) is 2.90. The summed E-state index contributed by atoms with van der Waals surface area (Å²) in [6, 6.07) is 3.68. The zero-order valence-corrected chi connectivity index (χ0v) is 16.7. The van der Waals surface area contributed by atoms with Gasteiger partial charge in [-0.2, -0.15) is 0 Å². The first-order chi connectivity index (χ1) is 13.7. The molecule has 0 fully saturated rings. The molecular formula is C21H24N6O2. The monoisotopic (exact) mass is 392 g/mol. The predicted molar refractivity (Wildman–Crippen MR) is 112 cm³/mol. The van der Waals surface area contributed by atoms with Crippen LogP contribution in [-0.4, -0.2) is 42.7 Å². The van der Waals surface area contributed by atoms with Crippen LogP contribution in [0.25, 0.3) is 22.2 Å². The first-order valence-corrected chi connectivity index (χ1v) is 9.31. The van der Waals surface area contributed by atoms with Gasteiger partial charge >= 0.3 is 0 Å². The lowest BCUT2D eigenvalue weighted by Gasteiger charge is -2.06. The lowest BCUT2D eigenvalue weighted by molar-refractivity contribution is -0.118. The summed E-state index contributed by atoms with van der Waals surface area (Å²) in [5, 5.41) is 13.6. The van der Waals surface area contributed by atoms with Gasteiger partial charge < -0.3 is 20.7 Å². The largest absolute Gasteiger partial charge is 0.378 e. The third kappa shape index (κ3) is 5.30. The van der Waals surface area contributed by atoms with Gasteiger partial charge in [0.2, 0.25) is 11.9 Å². The highest BCUT2D eigenvalue weighted by molar-refractivity contribution is 5.95. The third-order valence-electron chi connectivity index (χ3n) is 4.16. The Balaban J connectivity index is 2.03. The molecule has 150 valence electrons. The number of aliphatic hydroxyl groups is 1. The molecule has 8 nitrogen and oxygen atoms in total. The Labute approximate surface area is 169 Å². The van der Waals surface area contributed by atoms with E-state index in [-0.39, 0.29) is 11.9 Å². The van der Waals surface area contributed by atoms with Crippen LogP contribution in [0.4, 0.5) is 5.95 Å². The average Bonchev–Trinajstić information content (AvgIpc) is 3.01. The summed E-state index contributed by atoms with van der Waals surface area (Å²) in [6.07, 6.45) is 6.15. The Kier molecular flexibility index (Phi) is 5.80. The van der Waals surface area contributed by atoms with Gasteiger partial charge in [-0.05, 0) is 38.3 Å². The molecule has 29 heavy (non-hydrogen) atoms. The van der Waals surface area contributed by atoms with Gasteiger partial charge in [-0.15, -0.1) is 0 Å². The first-order valence-electron chi connectivity index (χ1n) is 9.31. The lowest BCUT2D eigenvalue weighted by atomic mass is 10.1. The van der Waals surface area contributed by atoms with Crippen LogP contribution in [0.15, 0.2) is 30.7 Å². The number of aromatic nitrogens is 4. The molecule has 1 amide bonds. The van der Waals surface area contributed by atoms with Crippen LogP contribution in [0.1, 0.15) is 32.9 Å². The number of nitrogens with two attached hydrogens (primary N) is 1. The lowest BCUT2D eigenvalue weighted by Crippen LogP contribution is -2.21. The maximum atomic E-state index is 11.1. The molecule has 3 rings (SSSR count). The van der Waals surface area contributed by atoms with E-state index in [0.29, 0.717) is 24.5 Å². The van der Waals surface area contributed by atoms with Gasteiger partial charge in [0, 0.05) is 43.4 Å². The second-order valence-corrected chi connectivity index (χ2v) is 7.27. The van der Waals surface area contributed by atoms with Crippen molar-refractivity contribution in [3.05, 3.63) is 36.4 Å². The van der Waals surface area contributed by atoms with Crippen molar-refractivity contribution in [2.75, 3.05) is 12.3 Å². The fourth-order valence-electron chi connectivity index (χ4n) is 2.90. The highest BCUT2D eigenvalue weighted by Crippen LogP contribution is 2.30. The summed E-state index contributed by atoms with van der Waals surface area (Å²) in [6.45, 7) is 6.04. The highest BCUT2D eigenvalue weighted by atomic mass is 16.3. The molecule has 0 aliphatic carbocycles. The molecular weight excluding hydrogens is 368 g/mol. The van der Waals surface area contributed by atoms with Crippen molar-refractivity contribution < 1.29 is 9.90 Å². The van der Waals surface area contributed by atoms with Crippen LogP contribution >= 0.6 is 0 Å². The van der Waals surface area contributed by atoms with E-state index in [4.69, 9.17) is 5.73 Å². The van der Waals surface area contributed by atoms with E-state index in [9.17, 15) is 9.90 Å². The number of rotatable bonds is 5. The van der Waals surface area contributed by atoms with E-state index in [1.165, 1.54) is 6.92 Å². The molecule has 0 saturated heterocycles. The highest BCUT2D eigenvalue weighted by Gasteiger charge is 2.14. The standard InChI is InChI=1S/C21H24N6O2/c1-14(28)23-8-4-10-27-13-17(18-6-9-24-20(22)26-18)16-11-15(25-12-19(16)27)5-7-21(2,3)29/h6,9,11-13,29H,4,8,10H2,1-3H3,(H,23,28)(H2,22,24,26). The molecule has 0 saturated carbocycles. The number of carbonyl (C=O) groups is 1. The number of amides is 1. The summed E-state index contributed by atoms with van der Waals surface area (Å²) >= 11 is 0. The van der Waals surface area contributed by atoms with Crippen molar-refractivity contribution in [1.29, 1.82) is 0 Å². The van der Waals surface area contributed by atoms with Gasteiger partial charge in [0.25, 0.3) is 0 Å². The number of aryl methyl sites for hydroxylation is 1. The Morgan fingerprint density at radius 2 is 2.17 bits per heavy atom. The topological polar surface area (TPSA) is 119 Å². The van der Waals surface area contributed by atoms with Gasteiger partial charge in [0.15, 0.2) is 0 Å². The molecule has 0 aliphatic rings. The van der Waals surface area contributed by atoms with Gasteiger partial charge in [-0.3, -0.25) is 4.79 Å². The van der Waals surface area contributed by atoms with E-state index in [0.717, 1.165) is 22.9 Å².